The van der Waals surface area contributed by atoms with Crippen molar-refractivity contribution in [3.8, 4) is 22.6 Å². The van der Waals surface area contributed by atoms with Crippen molar-refractivity contribution < 1.29 is 22.6 Å². The summed E-state index contributed by atoms with van der Waals surface area (Å²) in [5.74, 6) is 0.736. The van der Waals surface area contributed by atoms with E-state index in [1.165, 1.54) is 12.1 Å². The fraction of sp³-hybridized carbons (Fsp3) is 0.250. The van der Waals surface area contributed by atoms with Crippen LogP contribution in [0.3, 0.4) is 0 Å². The van der Waals surface area contributed by atoms with E-state index in [2.05, 4.69) is 0 Å². The van der Waals surface area contributed by atoms with Gasteiger partial charge in [-0.2, -0.15) is 13.2 Å². The highest BCUT2D eigenvalue weighted by atomic mass is 19.4. The van der Waals surface area contributed by atoms with Crippen LogP contribution in [0.25, 0.3) is 11.1 Å². The highest BCUT2D eigenvalue weighted by Gasteiger charge is 2.35. The first kappa shape index (κ1) is 14.7. The van der Waals surface area contributed by atoms with Crippen LogP contribution in [-0.2, 0) is 6.18 Å². The third-order valence-corrected chi connectivity index (χ3v) is 3.47. The maximum Gasteiger partial charge on any atom is 0.417 e. The van der Waals surface area contributed by atoms with Crippen molar-refractivity contribution in [2.75, 3.05) is 13.2 Å². The predicted molar refractivity (Wildman–Crippen MR) is 75.8 cm³/mol. The summed E-state index contributed by atoms with van der Waals surface area (Å²) >= 11 is 0. The maximum atomic E-state index is 13.2. The largest absolute Gasteiger partial charge is 0.486 e. The number of alkyl halides is 3. The van der Waals surface area contributed by atoms with Gasteiger partial charge in [0.2, 0.25) is 0 Å². The van der Waals surface area contributed by atoms with E-state index in [0.717, 1.165) is 6.07 Å². The molecule has 1 unspecified atom stereocenters. The van der Waals surface area contributed by atoms with Crippen molar-refractivity contribution in [2.45, 2.75) is 12.3 Å². The fourth-order valence-electron chi connectivity index (χ4n) is 2.43. The molecule has 6 heteroatoms. The monoisotopic (exact) mass is 309 g/mol. The Hall–Kier alpha value is -2.21. The van der Waals surface area contributed by atoms with E-state index >= 15 is 0 Å². The zero-order valence-electron chi connectivity index (χ0n) is 11.6. The van der Waals surface area contributed by atoms with Gasteiger partial charge in [-0.05, 0) is 17.7 Å². The number of ether oxygens (including phenoxy) is 2. The Balaban J connectivity index is 2.15. The summed E-state index contributed by atoms with van der Waals surface area (Å²) in [6, 6.07) is 10.3. The molecule has 2 aromatic rings. The second-order valence-electron chi connectivity index (χ2n) is 4.96. The Morgan fingerprint density at radius 2 is 1.77 bits per heavy atom. The Morgan fingerprint density at radius 1 is 1.05 bits per heavy atom. The quantitative estimate of drug-likeness (QED) is 0.924. The van der Waals surface area contributed by atoms with Gasteiger partial charge in [0.25, 0.3) is 0 Å². The molecule has 0 saturated carbocycles. The highest BCUT2D eigenvalue weighted by molar-refractivity contribution is 5.77. The zero-order valence-corrected chi connectivity index (χ0v) is 11.6. The molecule has 0 spiro atoms. The lowest BCUT2D eigenvalue weighted by molar-refractivity contribution is -0.137. The molecule has 0 bridgehead atoms. The first-order valence-corrected chi connectivity index (χ1v) is 6.80. The molecule has 3 rings (SSSR count). The van der Waals surface area contributed by atoms with E-state index < -0.39 is 11.7 Å². The van der Waals surface area contributed by atoms with Crippen LogP contribution < -0.4 is 15.2 Å². The zero-order chi connectivity index (χ0) is 15.7. The molecule has 0 saturated heterocycles. The fourth-order valence-corrected chi connectivity index (χ4v) is 2.43. The van der Waals surface area contributed by atoms with Crippen LogP contribution in [0.4, 0.5) is 13.2 Å². The van der Waals surface area contributed by atoms with Crippen LogP contribution in [0.5, 0.6) is 11.5 Å². The molecule has 1 heterocycles. The average Bonchev–Trinajstić information content (AvgIpc) is 2.53. The van der Waals surface area contributed by atoms with Gasteiger partial charge < -0.3 is 15.2 Å². The van der Waals surface area contributed by atoms with Crippen molar-refractivity contribution in [3.05, 3.63) is 48.0 Å². The molecular formula is C16H14F3NO2. The topological polar surface area (TPSA) is 44.5 Å². The molecule has 1 atom stereocenters. The molecule has 2 N–H and O–H groups in total. The summed E-state index contributed by atoms with van der Waals surface area (Å²) in [4.78, 5) is 0. The van der Waals surface area contributed by atoms with Gasteiger partial charge in [-0.1, -0.05) is 30.3 Å². The lowest BCUT2D eigenvalue weighted by atomic mass is 9.98. The Kier molecular flexibility index (Phi) is 3.70. The van der Waals surface area contributed by atoms with E-state index in [0.29, 0.717) is 17.1 Å². The van der Waals surface area contributed by atoms with Gasteiger partial charge in [-0.25, -0.2) is 0 Å². The van der Waals surface area contributed by atoms with E-state index in [9.17, 15) is 13.2 Å². The van der Waals surface area contributed by atoms with Gasteiger partial charge in [0.15, 0.2) is 11.5 Å². The van der Waals surface area contributed by atoms with Gasteiger partial charge >= 0.3 is 6.18 Å². The standard InChI is InChI=1S/C16H14F3NO2/c17-16(18,19)13-6-2-1-4-11(13)12-5-3-7-14-15(12)22-10(8-20)9-21-14/h1-7,10H,8-9,20H2. The molecule has 1 aliphatic rings. The molecular weight excluding hydrogens is 295 g/mol. The van der Waals surface area contributed by atoms with Crippen molar-refractivity contribution in [2.24, 2.45) is 5.73 Å². The minimum Gasteiger partial charge on any atom is -0.486 e. The molecule has 116 valence electrons. The second-order valence-corrected chi connectivity index (χ2v) is 4.96. The maximum absolute atomic E-state index is 13.2. The number of benzene rings is 2. The summed E-state index contributed by atoms with van der Waals surface area (Å²) < 4.78 is 50.9. The number of rotatable bonds is 2. The van der Waals surface area contributed by atoms with Crippen LogP contribution >= 0.6 is 0 Å². The normalized spacial score (nSPS) is 17.4. The number of para-hydroxylation sites is 1. The Bertz CT molecular complexity index is 685. The molecule has 2 aromatic carbocycles. The highest BCUT2D eigenvalue weighted by Crippen LogP contribution is 2.45. The SMILES string of the molecule is NCC1COc2cccc(-c3ccccc3C(F)(F)F)c2O1. The summed E-state index contributed by atoms with van der Waals surface area (Å²) in [5, 5.41) is 0. The third-order valence-electron chi connectivity index (χ3n) is 3.47. The first-order valence-electron chi connectivity index (χ1n) is 6.80. The molecule has 0 fully saturated rings. The second kappa shape index (κ2) is 5.53. The van der Waals surface area contributed by atoms with Gasteiger partial charge in [0, 0.05) is 12.1 Å². The molecule has 22 heavy (non-hydrogen) atoms. The number of nitrogens with two attached hydrogens (primary N) is 1. The lowest BCUT2D eigenvalue weighted by Crippen LogP contribution is -2.35. The van der Waals surface area contributed by atoms with Crippen LogP contribution in [0, 0.1) is 0 Å². The van der Waals surface area contributed by atoms with Gasteiger partial charge in [-0.3, -0.25) is 0 Å². The first-order chi connectivity index (χ1) is 10.5. The number of hydrogen-bond donors (Lipinski definition) is 1. The lowest BCUT2D eigenvalue weighted by Gasteiger charge is -2.28. The Morgan fingerprint density at radius 3 is 2.50 bits per heavy atom. The van der Waals surface area contributed by atoms with Gasteiger partial charge in [-0.15, -0.1) is 0 Å². The Labute approximate surface area is 125 Å². The van der Waals surface area contributed by atoms with Gasteiger partial charge in [0.1, 0.15) is 12.7 Å². The molecule has 0 amide bonds. The van der Waals surface area contributed by atoms with Crippen LogP contribution in [0.2, 0.25) is 0 Å². The molecule has 0 aromatic heterocycles. The minimum atomic E-state index is -4.44. The van der Waals surface area contributed by atoms with Crippen LogP contribution in [0.15, 0.2) is 42.5 Å². The predicted octanol–water partition coefficient (Wildman–Crippen LogP) is 3.47. The third kappa shape index (κ3) is 2.62. The smallest absolute Gasteiger partial charge is 0.417 e. The number of fused-ring (bicyclic) bond motifs is 1. The molecule has 0 aliphatic carbocycles. The molecule has 3 nitrogen and oxygen atoms in total. The van der Waals surface area contributed by atoms with E-state index in [-0.39, 0.29) is 24.8 Å². The van der Waals surface area contributed by atoms with Crippen LogP contribution in [-0.4, -0.2) is 19.3 Å². The van der Waals surface area contributed by atoms with Crippen molar-refractivity contribution in [1.29, 1.82) is 0 Å². The van der Waals surface area contributed by atoms with Crippen molar-refractivity contribution >= 4 is 0 Å². The van der Waals surface area contributed by atoms with Gasteiger partial charge in [0.05, 0.1) is 5.56 Å². The number of halogens is 3. The summed E-state index contributed by atoms with van der Waals surface area (Å²) in [6.45, 7) is 0.516. The van der Waals surface area contributed by atoms with Crippen molar-refractivity contribution in [3.63, 3.8) is 0 Å². The summed E-state index contributed by atoms with van der Waals surface area (Å²) in [6.07, 6.45) is -4.81. The summed E-state index contributed by atoms with van der Waals surface area (Å²) in [7, 11) is 0. The van der Waals surface area contributed by atoms with E-state index in [1.807, 2.05) is 0 Å². The molecule has 0 radical (unpaired) electrons. The summed E-state index contributed by atoms with van der Waals surface area (Å²) in [5.41, 5.74) is 5.27. The van der Waals surface area contributed by atoms with Crippen LogP contribution in [0.1, 0.15) is 5.56 Å². The van der Waals surface area contributed by atoms with Crippen molar-refractivity contribution in [1.82, 2.24) is 0 Å². The number of hydrogen-bond acceptors (Lipinski definition) is 3. The minimum absolute atomic E-state index is 0.0631. The molecule has 1 aliphatic heterocycles. The average molecular weight is 309 g/mol. The van der Waals surface area contributed by atoms with E-state index in [4.69, 9.17) is 15.2 Å². The van der Waals surface area contributed by atoms with E-state index in [1.54, 1.807) is 24.3 Å².